The number of fused-ring (bicyclic) bond motifs is 2. The van der Waals surface area contributed by atoms with Crippen LogP contribution in [0, 0.1) is 16.0 Å². The molecule has 4 heterocycles. The second-order valence-electron chi connectivity index (χ2n) is 14.4. The summed E-state index contributed by atoms with van der Waals surface area (Å²) in [5, 5.41) is 33.8. The zero-order chi connectivity index (χ0) is 36.8. The van der Waals surface area contributed by atoms with Crippen molar-refractivity contribution in [1.82, 2.24) is 20.3 Å². The molecule has 0 radical (unpaired) electrons. The van der Waals surface area contributed by atoms with Crippen LogP contribution in [-0.2, 0) is 33.0 Å². The number of aromatic nitrogens is 3. The van der Waals surface area contributed by atoms with Crippen molar-refractivity contribution in [3.63, 3.8) is 0 Å². The van der Waals surface area contributed by atoms with Gasteiger partial charge in [0.25, 0.3) is 11.6 Å². The first-order chi connectivity index (χ1) is 24.9. The van der Waals surface area contributed by atoms with Crippen LogP contribution in [0.15, 0.2) is 79.0 Å². The number of halogens is 1. The van der Waals surface area contributed by atoms with Crippen molar-refractivity contribution in [3.8, 4) is 0 Å². The lowest BCUT2D eigenvalue weighted by molar-refractivity contribution is -0.385. The number of piperazine rings is 1. The van der Waals surface area contributed by atoms with Crippen molar-refractivity contribution in [2.24, 2.45) is 5.92 Å². The van der Waals surface area contributed by atoms with Gasteiger partial charge in [0.15, 0.2) is 5.60 Å². The quantitative estimate of drug-likeness (QED) is 0.0972. The van der Waals surface area contributed by atoms with Crippen LogP contribution in [0.1, 0.15) is 41.6 Å². The van der Waals surface area contributed by atoms with Gasteiger partial charge < -0.3 is 29.1 Å². The lowest BCUT2D eigenvalue weighted by Gasteiger charge is -2.31. The first-order valence-corrected chi connectivity index (χ1v) is 20.5. The van der Waals surface area contributed by atoms with Crippen LogP contribution >= 0.6 is 0 Å². The molecular weight excluding hydrogens is 686 g/mol. The molecule has 1 spiro atoms. The van der Waals surface area contributed by atoms with Crippen molar-refractivity contribution < 1.29 is 28.5 Å². The van der Waals surface area contributed by atoms with Gasteiger partial charge in [-0.15, -0.1) is 5.10 Å². The summed E-state index contributed by atoms with van der Waals surface area (Å²) >= 11 is 0. The molecule has 3 aromatic carbocycles. The number of nitro benzene ring substituents is 1. The highest BCUT2D eigenvalue weighted by Crippen LogP contribution is 2.60. The van der Waals surface area contributed by atoms with E-state index >= 15 is 4.11 Å². The van der Waals surface area contributed by atoms with E-state index in [9.17, 15) is 24.8 Å². The molecule has 0 aliphatic carbocycles. The summed E-state index contributed by atoms with van der Waals surface area (Å²) in [6, 6.07) is 21.3. The number of nitrogens with zero attached hydrogens (tertiary/aromatic N) is 6. The lowest BCUT2D eigenvalue weighted by atomic mass is 9.82. The summed E-state index contributed by atoms with van der Waals surface area (Å²) in [5.41, 5.74) is 1.34. The number of aliphatic hydroxyl groups is 1. The zero-order valence-electron chi connectivity index (χ0n) is 29.3. The van der Waals surface area contributed by atoms with Gasteiger partial charge in [-0.2, -0.15) is 0 Å². The Balaban J connectivity index is 1.20. The van der Waals surface area contributed by atoms with Gasteiger partial charge in [-0.3, -0.25) is 24.4 Å². The van der Waals surface area contributed by atoms with Crippen LogP contribution in [0.5, 0.6) is 0 Å². The van der Waals surface area contributed by atoms with Gasteiger partial charge in [-0.25, -0.2) is 0 Å². The van der Waals surface area contributed by atoms with Crippen molar-refractivity contribution in [2.75, 3.05) is 36.0 Å². The number of nitro groups is 1. The molecule has 0 saturated carbocycles. The highest BCUT2D eigenvalue weighted by Gasteiger charge is 2.67. The van der Waals surface area contributed by atoms with Crippen molar-refractivity contribution in [1.29, 1.82) is 0 Å². The molecule has 2 saturated heterocycles. The number of amides is 2. The van der Waals surface area contributed by atoms with Crippen molar-refractivity contribution >= 4 is 37.3 Å². The zero-order valence-corrected chi connectivity index (χ0v) is 30.3. The maximum absolute atomic E-state index is 16.4. The fraction of sp³-hybridized carbons (Fsp3) is 0.405. The minimum absolute atomic E-state index is 0.0490. The molecule has 2 amide bonds. The number of non-ortho nitro benzene ring substituents is 1. The summed E-state index contributed by atoms with van der Waals surface area (Å²) in [6.45, 7) is 6.74. The highest BCUT2D eigenvalue weighted by atomic mass is 28.4. The molecule has 1 unspecified atom stereocenters. The molecule has 2 N–H and O–H groups in total. The lowest BCUT2D eigenvalue weighted by Crippen LogP contribution is -2.48. The molecule has 3 aliphatic heterocycles. The number of aryl methyl sites for hydroxylation is 1. The van der Waals surface area contributed by atoms with E-state index in [4.69, 9.17) is 4.74 Å². The monoisotopic (exact) mass is 727 g/mol. The number of ether oxygens (including phenoxy) is 1. The molecule has 15 heteroatoms. The van der Waals surface area contributed by atoms with E-state index in [2.05, 4.69) is 15.6 Å². The maximum Gasteiger partial charge on any atom is 0.269 e. The van der Waals surface area contributed by atoms with E-state index in [1.165, 1.54) is 12.1 Å². The largest absolute Gasteiger partial charge is 0.395 e. The van der Waals surface area contributed by atoms with Gasteiger partial charge in [-0.1, -0.05) is 54.6 Å². The third-order valence-electron chi connectivity index (χ3n) is 10.7. The van der Waals surface area contributed by atoms with Crippen LogP contribution in [-0.4, -0.2) is 77.6 Å². The van der Waals surface area contributed by atoms with E-state index in [1.807, 2.05) is 61.5 Å². The van der Waals surface area contributed by atoms with Crippen LogP contribution in [0.25, 0.3) is 0 Å². The van der Waals surface area contributed by atoms with E-state index < -0.39 is 42.4 Å². The molecule has 1 aromatic heterocycles. The molecular formula is C37H42FN7O6Si. The third kappa shape index (κ3) is 6.31. The summed E-state index contributed by atoms with van der Waals surface area (Å²) in [7, 11) is -3.51. The predicted molar refractivity (Wildman–Crippen MR) is 194 cm³/mol. The van der Waals surface area contributed by atoms with E-state index in [1.54, 1.807) is 39.8 Å². The van der Waals surface area contributed by atoms with Gasteiger partial charge in [0, 0.05) is 60.7 Å². The number of carbonyl (C=O) groups excluding carboxylic acids is 2. The fourth-order valence-electron chi connectivity index (χ4n) is 8.36. The molecule has 5 atom stereocenters. The summed E-state index contributed by atoms with van der Waals surface area (Å²) in [4.78, 5) is 42.3. The summed E-state index contributed by atoms with van der Waals surface area (Å²) in [6.07, 6.45) is 1.38. The standard InChI is InChI=1S/C37H42FN7O6Si/c1-24-35(52(2,3)38)33(14-16-42-22-31(40-41-42)29(23-46)26-9-5-4-6-10-26)51-37(24)30-19-28(45(49)50)12-13-32(30)44(36(37)48)21-25-8-7-11-27(18-25)43-17-15-39-20-34(43)47/h4-13,18-19,22,24,29,33,35,39,46H,14-17,20-21,23H2,1-3H3/t24-,29?,33+,35-,37+/m1/s1. The Morgan fingerprint density at radius 3 is 2.63 bits per heavy atom. The first kappa shape index (κ1) is 35.6. The Hall–Kier alpha value is -4.83. The average molecular weight is 728 g/mol. The predicted octanol–water partition coefficient (Wildman–Crippen LogP) is 4.66. The molecule has 7 rings (SSSR count). The van der Waals surface area contributed by atoms with E-state index in [0.717, 1.165) is 16.8 Å². The molecule has 4 aromatic rings. The molecule has 272 valence electrons. The van der Waals surface area contributed by atoms with Gasteiger partial charge in [-0.05, 0) is 48.8 Å². The molecule has 2 fully saturated rings. The molecule has 3 aliphatic rings. The normalized spacial score (nSPS) is 23.8. The minimum atomic E-state index is -3.51. The maximum atomic E-state index is 16.4. The fourth-order valence-corrected chi connectivity index (χ4v) is 10.9. The van der Waals surface area contributed by atoms with Crippen molar-refractivity contribution in [3.05, 3.63) is 111 Å². The number of carbonyl (C=O) groups is 2. The molecule has 52 heavy (non-hydrogen) atoms. The SMILES string of the molecule is C[C@@H]1[C@@H]([Si](C)(C)F)[C@H](CCn2cc(C(CO)c3ccccc3)nn2)O[C@@]12C(=O)N(Cc1cccc(N3CCNCC3=O)c1)c1ccc([N+](=O)[O-])cc12. The highest BCUT2D eigenvalue weighted by molar-refractivity contribution is 6.72. The molecule has 0 bridgehead atoms. The van der Waals surface area contributed by atoms with Gasteiger partial charge in [0.1, 0.15) is 0 Å². The third-order valence-corrected chi connectivity index (χ3v) is 13.2. The number of hydrogen-bond acceptors (Lipinski definition) is 9. The first-order valence-electron chi connectivity index (χ1n) is 17.6. The van der Waals surface area contributed by atoms with E-state index in [0.29, 0.717) is 43.0 Å². The van der Waals surface area contributed by atoms with Gasteiger partial charge in [0.05, 0.1) is 48.0 Å². The molecule has 13 nitrogen and oxygen atoms in total. The Morgan fingerprint density at radius 2 is 1.92 bits per heavy atom. The number of rotatable bonds is 11. The Kier molecular flexibility index (Phi) is 9.54. The van der Waals surface area contributed by atoms with Crippen molar-refractivity contribution in [2.45, 2.75) is 62.7 Å². The topological polar surface area (TPSA) is 156 Å². The number of benzene rings is 3. The summed E-state index contributed by atoms with van der Waals surface area (Å²) < 4.78 is 24.9. The second kappa shape index (κ2) is 14.0. The number of hydrogen-bond donors (Lipinski definition) is 2. The number of anilines is 2. The van der Waals surface area contributed by atoms with Crippen LogP contribution < -0.4 is 15.1 Å². The smallest absolute Gasteiger partial charge is 0.269 e. The number of nitrogens with one attached hydrogen (secondary N) is 1. The second-order valence-corrected chi connectivity index (χ2v) is 18.1. The van der Waals surface area contributed by atoms with Gasteiger partial charge >= 0.3 is 0 Å². The Labute approximate surface area is 301 Å². The van der Waals surface area contributed by atoms with Crippen LogP contribution in [0.3, 0.4) is 0 Å². The van der Waals surface area contributed by atoms with Gasteiger partial charge in [0.2, 0.25) is 14.3 Å². The average Bonchev–Trinajstić information content (AvgIpc) is 3.78. The minimum Gasteiger partial charge on any atom is -0.395 e. The Bertz CT molecular complexity index is 1990. The van der Waals surface area contributed by atoms with Crippen LogP contribution in [0.2, 0.25) is 18.6 Å². The summed E-state index contributed by atoms with van der Waals surface area (Å²) in [5.74, 6) is -1.46. The number of aliphatic hydroxyl groups excluding tert-OH is 1. The van der Waals surface area contributed by atoms with E-state index in [-0.39, 0.29) is 37.2 Å². The van der Waals surface area contributed by atoms with Crippen LogP contribution in [0.4, 0.5) is 21.2 Å². The Morgan fingerprint density at radius 1 is 1.13 bits per heavy atom.